The molecule has 1 spiro atoms. The topological polar surface area (TPSA) is 101 Å². The summed E-state index contributed by atoms with van der Waals surface area (Å²) in [6, 6.07) is 9.99. The third kappa shape index (κ3) is 3.68. The Hall–Kier alpha value is -2.81. The zero-order valence-corrected chi connectivity index (χ0v) is 18.9. The van der Waals surface area contributed by atoms with Crippen LogP contribution in [0.4, 0.5) is 0 Å². The average Bonchev–Trinajstić information content (AvgIpc) is 3.44. The standard InChI is InChI=1S/C23H27N5O3S/c1-26-16-5-3-2-4-15(16)12-17(26)21(31)27-9-6-23(7-10-27)8-11-28(14-23)19(29)13-18-20(30)25-22(24)32-18/h2-5,12,18H,6-11,13-14H2,1H3,(H2,24,25,30). The van der Waals surface area contributed by atoms with Gasteiger partial charge in [-0.2, -0.15) is 4.99 Å². The Bertz CT molecular complexity index is 1130. The van der Waals surface area contributed by atoms with Gasteiger partial charge in [0.2, 0.25) is 5.91 Å². The van der Waals surface area contributed by atoms with Crippen LogP contribution in [0.1, 0.15) is 36.2 Å². The molecular formula is C23H27N5O3S. The van der Waals surface area contributed by atoms with E-state index in [9.17, 15) is 14.4 Å². The van der Waals surface area contributed by atoms with Crippen molar-refractivity contribution < 1.29 is 14.4 Å². The van der Waals surface area contributed by atoms with E-state index in [0.29, 0.717) is 31.9 Å². The number of hydrogen-bond acceptors (Lipinski definition) is 5. The summed E-state index contributed by atoms with van der Waals surface area (Å²) in [5.41, 5.74) is 7.43. The highest BCUT2D eigenvalue weighted by Crippen LogP contribution is 2.41. The zero-order valence-electron chi connectivity index (χ0n) is 18.1. The molecule has 8 nitrogen and oxygen atoms in total. The quantitative estimate of drug-likeness (QED) is 0.766. The smallest absolute Gasteiger partial charge is 0.270 e. The van der Waals surface area contributed by atoms with E-state index in [1.54, 1.807) is 0 Å². The van der Waals surface area contributed by atoms with Crippen molar-refractivity contribution in [1.29, 1.82) is 0 Å². The number of likely N-dealkylation sites (tertiary alicyclic amines) is 2. The molecular weight excluding hydrogens is 426 g/mol. The monoisotopic (exact) mass is 453 g/mol. The molecule has 0 bridgehead atoms. The lowest BCUT2D eigenvalue weighted by molar-refractivity contribution is -0.132. The molecule has 1 aromatic carbocycles. The van der Waals surface area contributed by atoms with Gasteiger partial charge in [0.1, 0.15) is 10.9 Å². The van der Waals surface area contributed by atoms with Crippen LogP contribution in [-0.2, 0) is 16.6 Å². The molecule has 168 valence electrons. The maximum atomic E-state index is 13.2. The number of amidine groups is 1. The predicted molar refractivity (Wildman–Crippen MR) is 124 cm³/mol. The SMILES string of the molecule is Cn1c(C(=O)N2CCC3(CCN(C(=O)CC4SC(N)=NC4=O)C3)CC2)cc2ccccc21. The van der Waals surface area contributed by atoms with Gasteiger partial charge in [0, 0.05) is 50.6 Å². The summed E-state index contributed by atoms with van der Waals surface area (Å²) in [6.07, 6.45) is 2.87. The molecule has 1 aromatic heterocycles. The molecule has 3 amide bonds. The molecule has 0 radical (unpaired) electrons. The lowest BCUT2D eigenvalue weighted by atomic mass is 9.77. The van der Waals surface area contributed by atoms with Gasteiger partial charge in [-0.3, -0.25) is 14.4 Å². The number of piperidine rings is 1. The number of rotatable bonds is 3. The van der Waals surface area contributed by atoms with E-state index in [4.69, 9.17) is 5.73 Å². The summed E-state index contributed by atoms with van der Waals surface area (Å²) in [5.74, 6) is -0.250. The van der Waals surface area contributed by atoms with Crippen molar-refractivity contribution in [2.75, 3.05) is 26.2 Å². The number of fused-ring (bicyclic) bond motifs is 1. The van der Waals surface area contributed by atoms with Gasteiger partial charge in [0.05, 0.1) is 0 Å². The number of nitrogens with zero attached hydrogens (tertiary/aromatic N) is 4. The maximum Gasteiger partial charge on any atom is 0.270 e. The third-order valence-electron chi connectivity index (χ3n) is 7.19. The predicted octanol–water partition coefficient (Wildman–Crippen LogP) is 1.98. The van der Waals surface area contributed by atoms with Crippen LogP contribution in [0.2, 0.25) is 0 Å². The third-order valence-corrected chi connectivity index (χ3v) is 8.18. The summed E-state index contributed by atoms with van der Waals surface area (Å²) >= 11 is 1.18. The number of nitrogens with two attached hydrogens (primary N) is 1. The number of carbonyl (C=O) groups is 3. The second-order valence-corrected chi connectivity index (χ2v) is 10.3. The second-order valence-electron chi connectivity index (χ2n) is 9.10. The number of aromatic nitrogens is 1. The molecule has 3 aliphatic heterocycles. The van der Waals surface area contributed by atoms with Crippen molar-refractivity contribution in [1.82, 2.24) is 14.4 Å². The lowest BCUT2D eigenvalue weighted by Crippen LogP contribution is -2.45. The first-order valence-corrected chi connectivity index (χ1v) is 11.9. The summed E-state index contributed by atoms with van der Waals surface area (Å²) in [4.78, 5) is 45.3. The van der Waals surface area contributed by atoms with Crippen LogP contribution >= 0.6 is 11.8 Å². The van der Waals surface area contributed by atoms with Gasteiger partial charge in [0.25, 0.3) is 11.8 Å². The molecule has 32 heavy (non-hydrogen) atoms. The lowest BCUT2D eigenvalue weighted by Gasteiger charge is -2.39. The van der Waals surface area contributed by atoms with E-state index in [0.717, 1.165) is 30.2 Å². The Morgan fingerprint density at radius 1 is 1.16 bits per heavy atom. The molecule has 2 saturated heterocycles. The second kappa shape index (κ2) is 7.95. The Morgan fingerprint density at radius 2 is 1.84 bits per heavy atom. The van der Waals surface area contributed by atoms with E-state index >= 15 is 0 Å². The Balaban J connectivity index is 1.19. The molecule has 0 saturated carbocycles. The summed E-state index contributed by atoms with van der Waals surface area (Å²) in [7, 11) is 1.94. The van der Waals surface area contributed by atoms with Gasteiger partial charge in [0.15, 0.2) is 5.17 Å². The first-order valence-electron chi connectivity index (χ1n) is 11.0. The molecule has 1 atom stereocenters. The summed E-state index contributed by atoms with van der Waals surface area (Å²) in [6.45, 7) is 2.80. The molecule has 1 unspecified atom stereocenters. The fraction of sp³-hybridized carbons (Fsp3) is 0.478. The maximum absolute atomic E-state index is 13.2. The average molecular weight is 454 g/mol. The van der Waals surface area contributed by atoms with Crippen LogP contribution in [0.5, 0.6) is 0 Å². The minimum absolute atomic E-state index is 0.00775. The van der Waals surface area contributed by atoms with Crippen molar-refractivity contribution in [3.05, 3.63) is 36.0 Å². The molecule has 2 N–H and O–H groups in total. The van der Waals surface area contributed by atoms with E-state index in [-0.39, 0.29) is 34.7 Å². The number of amides is 3. The van der Waals surface area contributed by atoms with Gasteiger partial charge in [-0.15, -0.1) is 0 Å². The van der Waals surface area contributed by atoms with Crippen LogP contribution < -0.4 is 5.73 Å². The minimum Gasteiger partial charge on any atom is -0.378 e. The Kier molecular flexibility index (Phi) is 5.23. The molecule has 9 heteroatoms. The largest absolute Gasteiger partial charge is 0.378 e. The van der Waals surface area contributed by atoms with Crippen LogP contribution in [0.25, 0.3) is 10.9 Å². The van der Waals surface area contributed by atoms with Crippen LogP contribution in [-0.4, -0.2) is 68.7 Å². The van der Waals surface area contributed by atoms with Crippen LogP contribution in [0.3, 0.4) is 0 Å². The first-order chi connectivity index (χ1) is 15.3. The molecule has 3 aliphatic rings. The fourth-order valence-electron chi connectivity index (χ4n) is 5.22. The van der Waals surface area contributed by atoms with Crippen molar-refractivity contribution in [2.45, 2.75) is 30.9 Å². The number of benzene rings is 1. The van der Waals surface area contributed by atoms with Crippen molar-refractivity contribution in [2.24, 2.45) is 23.2 Å². The van der Waals surface area contributed by atoms with Gasteiger partial charge >= 0.3 is 0 Å². The van der Waals surface area contributed by atoms with Crippen molar-refractivity contribution in [3.8, 4) is 0 Å². The number of aryl methyl sites for hydroxylation is 1. The van der Waals surface area contributed by atoms with Gasteiger partial charge < -0.3 is 20.1 Å². The molecule has 2 fully saturated rings. The van der Waals surface area contributed by atoms with Crippen molar-refractivity contribution in [3.63, 3.8) is 0 Å². The first kappa shape index (κ1) is 21.1. The number of hydrogen-bond donors (Lipinski definition) is 1. The molecule has 4 heterocycles. The number of thioether (sulfide) groups is 1. The minimum atomic E-state index is -0.487. The van der Waals surface area contributed by atoms with Crippen molar-refractivity contribution >= 4 is 45.6 Å². The number of aliphatic imine (C=N–C) groups is 1. The van der Waals surface area contributed by atoms with E-state index in [1.807, 2.05) is 51.7 Å². The normalized spacial score (nSPS) is 22.7. The summed E-state index contributed by atoms with van der Waals surface area (Å²) in [5, 5.41) is 0.830. The van der Waals surface area contributed by atoms with Crippen LogP contribution in [0, 0.1) is 5.41 Å². The van der Waals surface area contributed by atoms with Crippen LogP contribution in [0.15, 0.2) is 35.3 Å². The number of carbonyl (C=O) groups excluding carboxylic acids is 3. The molecule has 5 rings (SSSR count). The van der Waals surface area contributed by atoms with Gasteiger partial charge in [-0.1, -0.05) is 30.0 Å². The Morgan fingerprint density at radius 3 is 2.50 bits per heavy atom. The number of para-hydroxylation sites is 1. The molecule has 2 aromatic rings. The Labute approximate surface area is 190 Å². The summed E-state index contributed by atoms with van der Waals surface area (Å²) < 4.78 is 1.97. The highest BCUT2D eigenvalue weighted by Gasteiger charge is 2.43. The van der Waals surface area contributed by atoms with E-state index < -0.39 is 5.25 Å². The fourth-order valence-corrected chi connectivity index (χ4v) is 6.03. The molecule has 0 aliphatic carbocycles. The zero-order chi connectivity index (χ0) is 22.5. The highest BCUT2D eigenvalue weighted by atomic mass is 32.2. The van der Waals surface area contributed by atoms with E-state index in [1.165, 1.54) is 11.8 Å². The highest BCUT2D eigenvalue weighted by molar-refractivity contribution is 8.15. The van der Waals surface area contributed by atoms with Gasteiger partial charge in [-0.05, 0) is 36.8 Å². The van der Waals surface area contributed by atoms with Gasteiger partial charge in [-0.25, -0.2) is 0 Å². The van der Waals surface area contributed by atoms with E-state index in [2.05, 4.69) is 4.99 Å².